The van der Waals surface area contributed by atoms with Gasteiger partial charge in [-0.25, -0.2) is 0 Å². The highest BCUT2D eigenvalue weighted by molar-refractivity contribution is 4.99. The zero-order valence-electron chi connectivity index (χ0n) is 7.10. The van der Waals surface area contributed by atoms with Gasteiger partial charge in [-0.2, -0.15) is 5.10 Å². The standard InChI is InChI=1S/C7H11N3O2/c1-6(2)10-7(3-4-8-10)5-9(11)12/h3-4,6H,5H2,1-2H3. The van der Waals surface area contributed by atoms with E-state index in [-0.39, 0.29) is 17.5 Å². The molecular formula is C7H11N3O2. The van der Waals surface area contributed by atoms with Gasteiger partial charge in [0.15, 0.2) is 0 Å². The first-order valence-corrected chi connectivity index (χ1v) is 3.75. The van der Waals surface area contributed by atoms with Crippen LogP contribution in [0.1, 0.15) is 25.6 Å². The average Bonchev–Trinajstić information content (AvgIpc) is 2.33. The van der Waals surface area contributed by atoms with Crippen molar-refractivity contribution in [2.75, 3.05) is 0 Å². The first-order valence-electron chi connectivity index (χ1n) is 3.75. The van der Waals surface area contributed by atoms with E-state index >= 15 is 0 Å². The fraction of sp³-hybridized carbons (Fsp3) is 0.571. The molecule has 0 unspecified atom stereocenters. The van der Waals surface area contributed by atoms with Crippen molar-refractivity contribution >= 4 is 0 Å². The molecule has 0 aromatic carbocycles. The van der Waals surface area contributed by atoms with Crippen LogP contribution in [0.3, 0.4) is 0 Å². The molecule has 66 valence electrons. The van der Waals surface area contributed by atoms with Gasteiger partial charge < -0.3 is 0 Å². The Kier molecular flexibility index (Phi) is 2.42. The van der Waals surface area contributed by atoms with Crippen molar-refractivity contribution in [3.05, 3.63) is 28.1 Å². The predicted octanol–water partition coefficient (Wildman–Crippen LogP) is 1.24. The highest BCUT2D eigenvalue weighted by Crippen LogP contribution is 2.08. The van der Waals surface area contributed by atoms with E-state index in [0.717, 1.165) is 0 Å². The molecule has 0 spiro atoms. The van der Waals surface area contributed by atoms with Crippen LogP contribution in [0.2, 0.25) is 0 Å². The third-order valence-corrected chi connectivity index (χ3v) is 1.53. The lowest BCUT2D eigenvalue weighted by Crippen LogP contribution is -2.10. The van der Waals surface area contributed by atoms with Crippen molar-refractivity contribution < 1.29 is 4.92 Å². The summed E-state index contributed by atoms with van der Waals surface area (Å²) in [4.78, 5) is 9.85. The van der Waals surface area contributed by atoms with Gasteiger partial charge >= 0.3 is 0 Å². The number of aromatic nitrogens is 2. The van der Waals surface area contributed by atoms with Crippen molar-refractivity contribution in [1.82, 2.24) is 9.78 Å². The molecule has 0 aliphatic carbocycles. The normalized spacial score (nSPS) is 10.6. The third kappa shape index (κ3) is 1.81. The molecule has 0 aliphatic rings. The largest absolute Gasteiger partial charge is 0.264 e. The minimum atomic E-state index is -0.351. The van der Waals surface area contributed by atoms with Crippen LogP contribution in [0.25, 0.3) is 0 Å². The zero-order chi connectivity index (χ0) is 9.14. The molecule has 1 rings (SSSR count). The van der Waals surface area contributed by atoms with E-state index in [0.29, 0.717) is 5.69 Å². The van der Waals surface area contributed by atoms with Crippen LogP contribution in [-0.4, -0.2) is 14.7 Å². The van der Waals surface area contributed by atoms with Crippen molar-refractivity contribution in [1.29, 1.82) is 0 Å². The molecule has 0 radical (unpaired) electrons. The quantitative estimate of drug-likeness (QED) is 0.505. The van der Waals surface area contributed by atoms with Crippen LogP contribution in [0.4, 0.5) is 0 Å². The SMILES string of the molecule is CC(C)n1nccc1C[N+](=O)[O-]. The lowest BCUT2D eigenvalue weighted by Gasteiger charge is -2.07. The monoisotopic (exact) mass is 169 g/mol. The molecule has 0 atom stereocenters. The van der Waals surface area contributed by atoms with E-state index in [1.54, 1.807) is 16.9 Å². The molecule has 0 N–H and O–H groups in total. The average molecular weight is 169 g/mol. The van der Waals surface area contributed by atoms with Crippen LogP contribution >= 0.6 is 0 Å². The number of nitro groups is 1. The molecule has 5 nitrogen and oxygen atoms in total. The summed E-state index contributed by atoms with van der Waals surface area (Å²) < 4.78 is 1.66. The Morgan fingerprint density at radius 2 is 2.42 bits per heavy atom. The molecule has 0 saturated heterocycles. The van der Waals surface area contributed by atoms with Crippen molar-refractivity contribution in [3.63, 3.8) is 0 Å². The van der Waals surface area contributed by atoms with Crippen LogP contribution in [-0.2, 0) is 6.54 Å². The molecule has 0 amide bonds. The molecule has 1 aromatic rings. The number of nitrogens with zero attached hydrogens (tertiary/aromatic N) is 3. The first-order chi connectivity index (χ1) is 5.61. The molecule has 1 aromatic heterocycles. The molecule has 1 heterocycles. The lowest BCUT2D eigenvalue weighted by molar-refractivity contribution is -0.498. The van der Waals surface area contributed by atoms with E-state index in [9.17, 15) is 10.1 Å². The third-order valence-electron chi connectivity index (χ3n) is 1.53. The topological polar surface area (TPSA) is 61.0 Å². The number of hydrogen-bond donors (Lipinski definition) is 0. The molecule has 5 heteroatoms. The highest BCUT2D eigenvalue weighted by Gasteiger charge is 2.09. The molecule has 0 fully saturated rings. The van der Waals surface area contributed by atoms with Gasteiger partial charge in [0.1, 0.15) is 5.69 Å². The fourth-order valence-corrected chi connectivity index (χ4v) is 1.06. The predicted molar refractivity (Wildman–Crippen MR) is 43.3 cm³/mol. The Hall–Kier alpha value is -1.39. The minimum absolute atomic E-state index is 0.155. The summed E-state index contributed by atoms with van der Waals surface area (Å²) >= 11 is 0. The molecule has 0 aliphatic heterocycles. The number of rotatable bonds is 3. The van der Waals surface area contributed by atoms with Crippen LogP contribution < -0.4 is 0 Å². The van der Waals surface area contributed by atoms with Crippen molar-refractivity contribution in [2.24, 2.45) is 0 Å². The van der Waals surface area contributed by atoms with Gasteiger partial charge in [-0.1, -0.05) is 0 Å². The Morgan fingerprint density at radius 1 is 1.75 bits per heavy atom. The summed E-state index contributed by atoms with van der Waals surface area (Å²) in [5.41, 5.74) is 0.648. The molecule has 12 heavy (non-hydrogen) atoms. The number of hydrogen-bond acceptors (Lipinski definition) is 3. The second-order valence-corrected chi connectivity index (χ2v) is 2.85. The van der Waals surface area contributed by atoms with Gasteiger partial charge in [0.2, 0.25) is 6.54 Å². The maximum Gasteiger partial charge on any atom is 0.245 e. The summed E-state index contributed by atoms with van der Waals surface area (Å²) in [6.45, 7) is 3.73. The van der Waals surface area contributed by atoms with Gasteiger partial charge in [-0.15, -0.1) is 0 Å². The molecule has 0 bridgehead atoms. The first kappa shape index (κ1) is 8.70. The maximum absolute atomic E-state index is 10.2. The Morgan fingerprint density at radius 3 is 2.92 bits per heavy atom. The van der Waals surface area contributed by atoms with E-state index < -0.39 is 0 Å². The van der Waals surface area contributed by atoms with E-state index in [1.807, 2.05) is 13.8 Å². The van der Waals surface area contributed by atoms with E-state index in [2.05, 4.69) is 5.10 Å². The van der Waals surface area contributed by atoms with Crippen LogP contribution in [0, 0.1) is 10.1 Å². The van der Waals surface area contributed by atoms with Crippen molar-refractivity contribution in [3.8, 4) is 0 Å². The Bertz CT molecular complexity index is 280. The second-order valence-electron chi connectivity index (χ2n) is 2.85. The fourth-order valence-electron chi connectivity index (χ4n) is 1.06. The van der Waals surface area contributed by atoms with Gasteiger partial charge in [0.25, 0.3) is 0 Å². The summed E-state index contributed by atoms with van der Waals surface area (Å²) in [5, 5.41) is 14.2. The van der Waals surface area contributed by atoms with Gasteiger partial charge in [0, 0.05) is 17.2 Å². The van der Waals surface area contributed by atoms with E-state index in [4.69, 9.17) is 0 Å². The summed E-state index contributed by atoms with van der Waals surface area (Å²) in [7, 11) is 0. The van der Waals surface area contributed by atoms with Gasteiger partial charge in [-0.3, -0.25) is 14.8 Å². The lowest BCUT2D eigenvalue weighted by atomic mass is 10.3. The summed E-state index contributed by atoms with van der Waals surface area (Å²) in [6, 6.07) is 1.85. The maximum atomic E-state index is 10.2. The summed E-state index contributed by atoms with van der Waals surface area (Å²) in [6.07, 6.45) is 1.58. The van der Waals surface area contributed by atoms with Crippen LogP contribution in [0.5, 0.6) is 0 Å². The minimum Gasteiger partial charge on any atom is -0.264 e. The van der Waals surface area contributed by atoms with Gasteiger partial charge in [0.05, 0.1) is 0 Å². The smallest absolute Gasteiger partial charge is 0.245 e. The zero-order valence-corrected chi connectivity index (χ0v) is 7.10. The van der Waals surface area contributed by atoms with Crippen molar-refractivity contribution in [2.45, 2.75) is 26.4 Å². The summed E-state index contributed by atoms with van der Waals surface area (Å²) in [5.74, 6) is 0. The second kappa shape index (κ2) is 3.34. The molecular weight excluding hydrogens is 158 g/mol. The molecule has 0 saturated carbocycles. The van der Waals surface area contributed by atoms with E-state index in [1.165, 1.54) is 0 Å². The van der Waals surface area contributed by atoms with Gasteiger partial charge in [-0.05, 0) is 19.9 Å². The highest BCUT2D eigenvalue weighted by atomic mass is 16.6. The van der Waals surface area contributed by atoms with Crippen LogP contribution in [0.15, 0.2) is 12.3 Å². The Balaban J connectivity index is 2.84. The Labute approximate surface area is 70.2 Å².